The van der Waals surface area contributed by atoms with Crippen LogP contribution in [0.25, 0.3) is 0 Å². The monoisotopic (exact) mass is 243 g/mol. The van der Waals surface area contributed by atoms with Gasteiger partial charge in [-0.15, -0.1) is 0 Å². The van der Waals surface area contributed by atoms with Crippen molar-refractivity contribution in [1.29, 1.82) is 0 Å². The summed E-state index contributed by atoms with van der Waals surface area (Å²) in [5, 5.41) is 11.1. The summed E-state index contributed by atoms with van der Waals surface area (Å²) in [6.45, 7) is 4.37. The van der Waals surface area contributed by atoms with Gasteiger partial charge in [0.2, 0.25) is 0 Å². The number of nitrogens with one attached hydrogen (secondary N) is 1. The number of hydrogen-bond donors (Lipinski definition) is 2. The minimum absolute atomic E-state index is 0.198. The van der Waals surface area contributed by atoms with Crippen LogP contribution in [0.5, 0.6) is 0 Å². The molecule has 2 N–H and O–H groups in total. The number of carboxylic acid groups (broad SMARTS) is 1. The molecule has 0 saturated heterocycles. The molecular weight excluding hydrogens is 226 g/mol. The first-order valence-corrected chi connectivity index (χ1v) is 5.11. The molecule has 0 aromatic heterocycles. The number of rotatable bonds is 6. The highest BCUT2D eigenvalue weighted by atomic mass is 16.5. The molecule has 0 spiro atoms. The molecule has 0 heterocycles. The molecule has 0 unspecified atom stereocenters. The third-order valence-electron chi connectivity index (χ3n) is 1.80. The lowest BCUT2D eigenvalue weighted by Gasteiger charge is -2.12. The smallest absolute Gasteiger partial charge is 0.326 e. The summed E-state index contributed by atoms with van der Waals surface area (Å²) in [6.07, 6.45) is 1.91. The van der Waals surface area contributed by atoms with Crippen molar-refractivity contribution in [1.82, 2.24) is 5.32 Å². The Morgan fingerprint density at radius 2 is 1.88 bits per heavy atom. The number of hydrogen-bond acceptors (Lipinski definition) is 4. The average molecular weight is 243 g/mol. The molecule has 96 valence electrons. The number of esters is 1. The quantitative estimate of drug-likeness (QED) is 0.522. The zero-order valence-corrected chi connectivity index (χ0v) is 10.1. The fourth-order valence-corrected chi connectivity index (χ4v) is 0.978. The Labute approximate surface area is 99.6 Å². The number of ether oxygens (including phenoxy) is 1. The summed E-state index contributed by atoms with van der Waals surface area (Å²) in [4.78, 5) is 32.5. The van der Waals surface area contributed by atoms with Gasteiger partial charge in [0.1, 0.15) is 6.04 Å². The Hall–Kier alpha value is -1.85. The predicted molar refractivity (Wildman–Crippen MR) is 60.2 cm³/mol. The van der Waals surface area contributed by atoms with Crippen molar-refractivity contribution in [2.75, 3.05) is 6.61 Å². The lowest BCUT2D eigenvalue weighted by atomic mass is 10.1. The third kappa shape index (κ3) is 8.01. The molecule has 0 aliphatic carbocycles. The van der Waals surface area contributed by atoms with Crippen molar-refractivity contribution in [3.05, 3.63) is 11.6 Å². The Morgan fingerprint density at radius 3 is 2.29 bits per heavy atom. The third-order valence-corrected chi connectivity index (χ3v) is 1.80. The van der Waals surface area contributed by atoms with Gasteiger partial charge in [-0.2, -0.15) is 0 Å². The maximum atomic E-state index is 11.2. The molecule has 0 fully saturated rings. The summed E-state index contributed by atoms with van der Waals surface area (Å²) in [6, 6.07) is -1.01. The first-order valence-electron chi connectivity index (χ1n) is 5.11. The van der Waals surface area contributed by atoms with Crippen LogP contribution in [0.15, 0.2) is 11.6 Å². The van der Waals surface area contributed by atoms with Gasteiger partial charge < -0.3 is 15.2 Å². The van der Waals surface area contributed by atoms with Crippen molar-refractivity contribution >= 4 is 17.8 Å². The van der Waals surface area contributed by atoms with Crippen LogP contribution >= 0.6 is 0 Å². The highest BCUT2D eigenvalue weighted by Crippen LogP contribution is 1.99. The summed E-state index contributed by atoms with van der Waals surface area (Å²) in [7, 11) is 0. The molecular formula is C11H17NO5. The van der Waals surface area contributed by atoms with Crippen LogP contribution in [-0.2, 0) is 19.1 Å². The second-order valence-corrected chi connectivity index (χ2v) is 3.76. The molecule has 0 aromatic rings. The topological polar surface area (TPSA) is 92.7 Å². The van der Waals surface area contributed by atoms with Gasteiger partial charge in [0.05, 0.1) is 0 Å². The fourth-order valence-electron chi connectivity index (χ4n) is 0.978. The number of aliphatic carboxylic acids is 1. The van der Waals surface area contributed by atoms with Crippen molar-refractivity contribution in [3.8, 4) is 0 Å². The standard InChI is InChI=1S/C11H17NO5/c1-7(2)4-5-9(11(15)16)12-10(14)6-17-8(3)13/h4,9H,5-6H2,1-3H3,(H,12,14)(H,15,16)/t9-/m1/s1. The summed E-state index contributed by atoms with van der Waals surface area (Å²) < 4.78 is 4.45. The number of allylic oxidation sites excluding steroid dienone is 1. The number of carbonyl (C=O) groups excluding carboxylic acids is 2. The molecule has 17 heavy (non-hydrogen) atoms. The van der Waals surface area contributed by atoms with E-state index >= 15 is 0 Å². The number of amides is 1. The lowest BCUT2D eigenvalue weighted by Crippen LogP contribution is -2.42. The zero-order valence-electron chi connectivity index (χ0n) is 10.1. The van der Waals surface area contributed by atoms with Gasteiger partial charge in [0, 0.05) is 6.92 Å². The van der Waals surface area contributed by atoms with E-state index in [0.717, 1.165) is 5.57 Å². The van der Waals surface area contributed by atoms with Gasteiger partial charge in [-0.25, -0.2) is 4.79 Å². The van der Waals surface area contributed by atoms with Crippen LogP contribution in [0.4, 0.5) is 0 Å². The molecule has 1 atom stereocenters. The lowest BCUT2D eigenvalue weighted by molar-refractivity contribution is -0.147. The Bertz CT molecular complexity index is 331. The molecule has 6 nitrogen and oxygen atoms in total. The zero-order chi connectivity index (χ0) is 13.4. The van der Waals surface area contributed by atoms with E-state index in [1.165, 1.54) is 6.92 Å². The Morgan fingerprint density at radius 1 is 1.29 bits per heavy atom. The molecule has 0 aliphatic rings. The van der Waals surface area contributed by atoms with E-state index in [-0.39, 0.29) is 6.42 Å². The molecule has 1 amide bonds. The van der Waals surface area contributed by atoms with Gasteiger partial charge >= 0.3 is 11.9 Å². The van der Waals surface area contributed by atoms with Gasteiger partial charge in [-0.1, -0.05) is 11.6 Å². The fraction of sp³-hybridized carbons (Fsp3) is 0.545. The minimum atomic E-state index is -1.13. The second-order valence-electron chi connectivity index (χ2n) is 3.76. The summed E-state index contributed by atoms with van der Waals surface area (Å²) in [5.41, 5.74) is 0.963. The highest BCUT2D eigenvalue weighted by Gasteiger charge is 2.18. The summed E-state index contributed by atoms with van der Waals surface area (Å²) >= 11 is 0. The number of carbonyl (C=O) groups is 3. The van der Waals surface area contributed by atoms with Crippen LogP contribution in [0.2, 0.25) is 0 Å². The number of carboxylic acids is 1. The van der Waals surface area contributed by atoms with Crippen molar-refractivity contribution < 1.29 is 24.2 Å². The van der Waals surface area contributed by atoms with Crippen molar-refractivity contribution in [2.24, 2.45) is 0 Å². The first kappa shape index (κ1) is 15.2. The van der Waals surface area contributed by atoms with E-state index in [9.17, 15) is 14.4 Å². The van der Waals surface area contributed by atoms with E-state index < -0.39 is 30.5 Å². The largest absolute Gasteiger partial charge is 0.480 e. The van der Waals surface area contributed by atoms with Crippen LogP contribution in [0.3, 0.4) is 0 Å². The van der Waals surface area contributed by atoms with Crippen molar-refractivity contribution in [2.45, 2.75) is 33.2 Å². The van der Waals surface area contributed by atoms with E-state index in [1.54, 1.807) is 6.08 Å². The van der Waals surface area contributed by atoms with Crippen LogP contribution in [-0.4, -0.2) is 35.6 Å². The average Bonchev–Trinajstić information content (AvgIpc) is 2.20. The minimum Gasteiger partial charge on any atom is -0.480 e. The van der Waals surface area contributed by atoms with Gasteiger partial charge in [-0.05, 0) is 20.3 Å². The van der Waals surface area contributed by atoms with Crippen LogP contribution < -0.4 is 5.32 Å². The molecule has 0 rings (SSSR count). The summed E-state index contributed by atoms with van der Waals surface area (Å²) in [5.74, 6) is -2.34. The maximum absolute atomic E-state index is 11.2. The first-order chi connectivity index (χ1) is 7.82. The van der Waals surface area contributed by atoms with E-state index in [0.29, 0.717) is 0 Å². The van der Waals surface area contributed by atoms with Crippen molar-refractivity contribution in [3.63, 3.8) is 0 Å². The second kappa shape index (κ2) is 7.43. The Kier molecular flexibility index (Phi) is 6.62. The van der Waals surface area contributed by atoms with Gasteiger partial charge in [-0.3, -0.25) is 9.59 Å². The highest BCUT2D eigenvalue weighted by molar-refractivity contribution is 5.85. The van der Waals surface area contributed by atoms with E-state index in [2.05, 4.69) is 10.1 Å². The van der Waals surface area contributed by atoms with Gasteiger partial charge in [0.25, 0.3) is 5.91 Å². The molecule has 0 radical (unpaired) electrons. The SMILES string of the molecule is CC(=O)OCC(=O)N[C@H](CC=C(C)C)C(=O)O. The maximum Gasteiger partial charge on any atom is 0.326 e. The molecule has 0 aromatic carbocycles. The van der Waals surface area contributed by atoms with E-state index in [4.69, 9.17) is 5.11 Å². The molecule has 0 bridgehead atoms. The molecule has 6 heteroatoms. The molecule has 0 saturated carbocycles. The van der Waals surface area contributed by atoms with Crippen LogP contribution in [0.1, 0.15) is 27.2 Å². The molecule has 0 aliphatic heterocycles. The van der Waals surface area contributed by atoms with Crippen LogP contribution in [0, 0.1) is 0 Å². The predicted octanol–water partition coefficient (Wildman–Crippen LogP) is 0.475. The normalized spacial score (nSPS) is 11.2. The van der Waals surface area contributed by atoms with Gasteiger partial charge in [0.15, 0.2) is 6.61 Å². The van der Waals surface area contributed by atoms with E-state index in [1.807, 2.05) is 13.8 Å². The Balaban J connectivity index is 4.25.